The van der Waals surface area contributed by atoms with Gasteiger partial charge in [0.1, 0.15) is 5.82 Å². The summed E-state index contributed by atoms with van der Waals surface area (Å²) in [5.74, 6) is -2.53. The Balaban J connectivity index is 1.33. The topological polar surface area (TPSA) is 56.5 Å². The van der Waals surface area contributed by atoms with Crippen molar-refractivity contribution in [2.75, 3.05) is 0 Å². The number of aromatic nitrogens is 5. The lowest BCUT2D eigenvalue weighted by molar-refractivity contribution is 0.512. The van der Waals surface area contributed by atoms with Crippen LogP contribution in [0.2, 0.25) is 0 Å². The molecule has 0 fully saturated rings. The first-order valence-corrected chi connectivity index (χ1v) is 14.6. The van der Waals surface area contributed by atoms with Crippen molar-refractivity contribution in [3.63, 3.8) is 0 Å². The maximum absolute atomic E-state index is 16.3. The number of rotatable bonds is 5. The molecule has 8 aromatic rings. The van der Waals surface area contributed by atoms with Gasteiger partial charge >= 0.3 is 0 Å². The number of pyridine rings is 1. The quantitative estimate of drug-likeness (QED) is 0.196. The van der Waals surface area contributed by atoms with Crippen molar-refractivity contribution in [1.29, 1.82) is 0 Å². The second-order valence-electron chi connectivity index (χ2n) is 10.7. The van der Waals surface area contributed by atoms with Crippen molar-refractivity contribution in [3.05, 3.63) is 151 Å². The number of nitrogens with zero attached hydrogens (tertiary/aromatic N) is 5. The minimum absolute atomic E-state index is 0.0436. The fourth-order valence-electron chi connectivity index (χ4n) is 5.89. The van der Waals surface area contributed by atoms with Gasteiger partial charge in [0.25, 0.3) is 0 Å². The fourth-order valence-corrected chi connectivity index (χ4v) is 5.89. The Kier molecular flexibility index (Phi) is 6.61. The third kappa shape index (κ3) is 4.50. The highest BCUT2D eigenvalue weighted by molar-refractivity contribution is 6.09. The Morgan fingerprint density at radius 1 is 0.478 bits per heavy atom. The highest BCUT2D eigenvalue weighted by Crippen LogP contribution is 2.39. The molecule has 8 heteroatoms. The van der Waals surface area contributed by atoms with E-state index in [4.69, 9.17) is 0 Å². The van der Waals surface area contributed by atoms with Gasteiger partial charge in [-0.05, 0) is 30.3 Å². The van der Waals surface area contributed by atoms with E-state index in [1.54, 1.807) is 24.5 Å². The van der Waals surface area contributed by atoms with Crippen LogP contribution in [0.5, 0.6) is 0 Å². The zero-order valence-corrected chi connectivity index (χ0v) is 24.1. The van der Waals surface area contributed by atoms with Crippen molar-refractivity contribution in [1.82, 2.24) is 24.5 Å². The lowest BCUT2D eigenvalue weighted by Crippen LogP contribution is -2.04. The average Bonchev–Trinajstić information content (AvgIpc) is 3.44. The molecular formula is C38H22F3N5. The van der Waals surface area contributed by atoms with E-state index in [1.165, 1.54) is 18.2 Å². The van der Waals surface area contributed by atoms with Crippen LogP contribution in [0.1, 0.15) is 0 Å². The number of fused-ring (bicyclic) bond motifs is 3. The molecule has 8 rings (SSSR count). The van der Waals surface area contributed by atoms with Crippen LogP contribution in [-0.2, 0) is 0 Å². The van der Waals surface area contributed by atoms with Crippen molar-refractivity contribution >= 4 is 21.8 Å². The molecule has 0 aliphatic carbocycles. The van der Waals surface area contributed by atoms with Crippen molar-refractivity contribution in [3.8, 4) is 51.0 Å². The Hall–Kier alpha value is -6.15. The van der Waals surface area contributed by atoms with E-state index in [2.05, 4.69) is 19.9 Å². The maximum atomic E-state index is 16.3. The maximum Gasteiger partial charge on any atom is 0.170 e. The van der Waals surface area contributed by atoms with Crippen LogP contribution in [0.4, 0.5) is 13.2 Å². The molecule has 0 radical (unpaired) electrons. The Bertz CT molecular complexity index is 2300. The molecule has 0 spiro atoms. The third-order valence-electron chi connectivity index (χ3n) is 8.00. The van der Waals surface area contributed by atoms with Crippen LogP contribution in [-0.4, -0.2) is 24.5 Å². The van der Waals surface area contributed by atoms with Crippen molar-refractivity contribution in [2.45, 2.75) is 0 Å². The molecule has 220 valence electrons. The summed E-state index contributed by atoms with van der Waals surface area (Å²) in [6, 6.07) is 35.2. The van der Waals surface area contributed by atoms with Gasteiger partial charge in [-0.1, -0.05) is 91.0 Å². The Morgan fingerprint density at radius 3 is 1.78 bits per heavy atom. The molecule has 0 N–H and O–H groups in total. The molecule has 0 bridgehead atoms. The molecule has 3 aromatic heterocycles. The van der Waals surface area contributed by atoms with Gasteiger partial charge in [0.15, 0.2) is 29.1 Å². The Labute approximate surface area is 261 Å². The van der Waals surface area contributed by atoms with E-state index in [-0.39, 0.29) is 22.5 Å². The van der Waals surface area contributed by atoms with Crippen LogP contribution in [0.15, 0.2) is 134 Å². The van der Waals surface area contributed by atoms with Crippen LogP contribution >= 0.6 is 0 Å². The SMILES string of the molecule is Fc1cccc(-n2c3ccccc3c3ccncc32)c1-c1ccc(-c2nc(-c3ccccc3)nc(-c3ccccc3)n2)c(F)c1F. The van der Waals surface area contributed by atoms with Gasteiger partial charge < -0.3 is 4.57 Å². The second-order valence-corrected chi connectivity index (χ2v) is 10.7. The summed E-state index contributed by atoms with van der Waals surface area (Å²) >= 11 is 0. The number of halogens is 3. The summed E-state index contributed by atoms with van der Waals surface area (Å²) in [5.41, 5.74) is 2.74. The lowest BCUT2D eigenvalue weighted by atomic mass is 9.99. The zero-order valence-electron chi connectivity index (χ0n) is 24.1. The normalized spacial score (nSPS) is 11.4. The predicted octanol–water partition coefficient (Wildman–Crippen LogP) is 9.45. The second kappa shape index (κ2) is 11.1. The molecule has 0 aliphatic heterocycles. The molecule has 0 atom stereocenters. The predicted molar refractivity (Wildman–Crippen MR) is 174 cm³/mol. The fraction of sp³-hybridized carbons (Fsp3) is 0. The Morgan fingerprint density at radius 2 is 1.07 bits per heavy atom. The van der Waals surface area contributed by atoms with Crippen molar-refractivity contribution in [2.24, 2.45) is 0 Å². The van der Waals surface area contributed by atoms with Crippen LogP contribution in [0.25, 0.3) is 72.8 Å². The van der Waals surface area contributed by atoms with Gasteiger partial charge in [-0.15, -0.1) is 0 Å². The van der Waals surface area contributed by atoms with Gasteiger partial charge in [-0.3, -0.25) is 4.98 Å². The largest absolute Gasteiger partial charge is 0.307 e. The first kappa shape index (κ1) is 27.4. The molecule has 0 amide bonds. The monoisotopic (exact) mass is 605 g/mol. The van der Waals surface area contributed by atoms with Gasteiger partial charge in [0.2, 0.25) is 0 Å². The summed E-state index contributed by atoms with van der Waals surface area (Å²) in [5, 5.41) is 1.83. The zero-order chi connectivity index (χ0) is 31.2. The van der Waals surface area contributed by atoms with Gasteiger partial charge in [-0.25, -0.2) is 28.1 Å². The number of benzene rings is 5. The molecule has 0 unspecified atom stereocenters. The molecule has 0 aliphatic rings. The highest BCUT2D eigenvalue weighted by Gasteiger charge is 2.25. The number of hydrogen-bond acceptors (Lipinski definition) is 4. The molecule has 0 saturated heterocycles. The lowest BCUT2D eigenvalue weighted by Gasteiger charge is -2.16. The third-order valence-corrected chi connectivity index (χ3v) is 8.00. The minimum atomic E-state index is -1.22. The molecule has 46 heavy (non-hydrogen) atoms. The summed E-state index contributed by atoms with van der Waals surface area (Å²) in [6.45, 7) is 0. The van der Waals surface area contributed by atoms with E-state index in [9.17, 15) is 0 Å². The average molecular weight is 606 g/mol. The van der Waals surface area contributed by atoms with E-state index < -0.39 is 17.5 Å². The summed E-state index contributed by atoms with van der Waals surface area (Å²) in [7, 11) is 0. The summed E-state index contributed by atoms with van der Waals surface area (Å²) in [4.78, 5) is 18.0. The van der Waals surface area contributed by atoms with Gasteiger partial charge in [-0.2, -0.15) is 0 Å². The van der Waals surface area contributed by atoms with Gasteiger partial charge in [0.05, 0.1) is 28.5 Å². The van der Waals surface area contributed by atoms with E-state index in [0.717, 1.165) is 16.3 Å². The van der Waals surface area contributed by atoms with Crippen LogP contribution in [0, 0.1) is 17.5 Å². The van der Waals surface area contributed by atoms with Crippen molar-refractivity contribution < 1.29 is 13.2 Å². The highest BCUT2D eigenvalue weighted by atomic mass is 19.2. The molecule has 0 saturated carbocycles. The smallest absolute Gasteiger partial charge is 0.170 e. The van der Waals surface area contributed by atoms with Crippen LogP contribution < -0.4 is 0 Å². The molecular weight excluding hydrogens is 583 g/mol. The first-order chi connectivity index (χ1) is 22.6. The standard InChI is InChI=1S/C38H22F3N5/c39-29-15-9-17-31(46-30-16-8-7-14-25(30)26-20-21-42-22-32(26)46)33(29)27-18-19-28(35(41)34(27)40)38-44-36(23-10-3-1-4-11-23)43-37(45-38)24-12-5-2-6-13-24/h1-22H. The van der Waals surface area contributed by atoms with Gasteiger partial charge in [0, 0.05) is 39.2 Å². The molecule has 5 nitrogen and oxygen atoms in total. The number of para-hydroxylation sites is 1. The van der Waals surface area contributed by atoms with E-state index in [1.807, 2.05) is 95.6 Å². The summed E-state index contributed by atoms with van der Waals surface area (Å²) in [6.07, 6.45) is 3.37. The molecule has 5 aromatic carbocycles. The first-order valence-electron chi connectivity index (χ1n) is 14.6. The minimum Gasteiger partial charge on any atom is -0.307 e. The van der Waals surface area contributed by atoms with E-state index >= 15 is 13.2 Å². The van der Waals surface area contributed by atoms with E-state index in [0.29, 0.717) is 34.0 Å². The number of hydrogen-bond donors (Lipinski definition) is 0. The molecule has 3 heterocycles. The summed E-state index contributed by atoms with van der Waals surface area (Å²) < 4.78 is 50.1. The van der Waals surface area contributed by atoms with Crippen LogP contribution in [0.3, 0.4) is 0 Å².